The average Bonchev–Trinajstić information content (AvgIpc) is 3.65. The SMILES string of the molecule is COc1cc(C#N)c(O[C@H]2CC[C@@](C)(C(=O)O)CC2)cc1C(=O)Nc1cc(C)ccc1C(=O)NCC1(C)CC1. The van der Waals surface area contributed by atoms with Crippen LogP contribution in [0.5, 0.6) is 11.5 Å². The molecule has 2 aliphatic carbocycles. The van der Waals surface area contributed by atoms with E-state index in [4.69, 9.17) is 9.47 Å². The van der Waals surface area contributed by atoms with E-state index in [1.165, 1.54) is 19.2 Å². The summed E-state index contributed by atoms with van der Waals surface area (Å²) in [6.45, 7) is 6.30. The number of rotatable bonds is 9. The fourth-order valence-electron chi connectivity index (χ4n) is 4.76. The number of hydrogen-bond donors (Lipinski definition) is 3. The zero-order chi connectivity index (χ0) is 28.4. The number of carboxylic acids is 1. The van der Waals surface area contributed by atoms with Crippen LogP contribution in [-0.4, -0.2) is 42.6 Å². The van der Waals surface area contributed by atoms with Crippen LogP contribution < -0.4 is 20.1 Å². The molecule has 2 fully saturated rings. The molecule has 4 rings (SSSR count). The van der Waals surface area contributed by atoms with E-state index in [0.29, 0.717) is 43.5 Å². The van der Waals surface area contributed by atoms with Crippen LogP contribution in [0.1, 0.15) is 84.2 Å². The molecule has 0 spiro atoms. The molecule has 2 aromatic rings. The highest BCUT2D eigenvalue weighted by Crippen LogP contribution is 2.44. The predicted molar refractivity (Wildman–Crippen MR) is 145 cm³/mol. The minimum Gasteiger partial charge on any atom is -0.496 e. The molecule has 9 nitrogen and oxygen atoms in total. The number of hydrogen-bond acceptors (Lipinski definition) is 6. The van der Waals surface area contributed by atoms with Crippen molar-refractivity contribution >= 4 is 23.5 Å². The predicted octanol–water partition coefficient (Wildman–Crippen LogP) is 5.07. The van der Waals surface area contributed by atoms with Crippen LogP contribution in [0.25, 0.3) is 0 Å². The number of amides is 2. The molecule has 2 aromatic carbocycles. The molecule has 0 aromatic heterocycles. The number of nitrogens with one attached hydrogen (secondary N) is 2. The lowest BCUT2D eigenvalue weighted by Gasteiger charge is -2.34. The van der Waals surface area contributed by atoms with Gasteiger partial charge in [-0.05, 0) is 81.5 Å². The fourth-order valence-corrected chi connectivity index (χ4v) is 4.76. The molecular weight excluding hydrogens is 498 g/mol. The molecule has 0 aliphatic heterocycles. The van der Waals surface area contributed by atoms with E-state index in [2.05, 4.69) is 23.6 Å². The molecule has 206 valence electrons. The smallest absolute Gasteiger partial charge is 0.309 e. The van der Waals surface area contributed by atoms with E-state index in [9.17, 15) is 24.8 Å². The van der Waals surface area contributed by atoms with Crippen molar-refractivity contribution in [3.63, 3.8) is 0 Å². The first-order valence-electron chi connectivity index (χ1n) is 13.2. The summed E-state index contributed by atoms with van der Waals surface area (Å²) in [6, 6.07) is 10.3. The maximum Gasteiger partial charge on any atom is 0.309 e. The number of anilines is 1. The Morgan fingerprint density at radius 1 is 1.03 bits per heavy atom. The Morgan fingerprint density at radius 3 is 2.31 bits per heavy atom. The Labute approximate surface area is 228 Å². The number of methoxy groups -OCH3 is 1. The van der Waals surface area contributed by atoms with Gasteiger partial charge in [0.25, 0.3) is 11.8 Å². The van der Waals surface area contributed by atoms with Gasteiger partial charge in [0.15, 0.2) is 0 Å². The monoisotopic (exact) mass is 533 g/mol. The average molecular weight is 534 g/mol. The van der Waals surface area contributed by atoms with Crippen molar-refractivity contribution in [1.29, 1.82) is 5.26 Å². The second kappa shape index (κ2) is 11.0. The third-order valence-corrected chi connectivity index (χ3v) is 7.96. The number of carbonyl (C=O) groups is 3. The quantitative estimate of drug-likeness (QED) is 0.409. The zero-order valence-corrected chi connectivity index (χ0v) is 22.8. The highest BCUT2D eigenvalue weighted by atomic mass is 16.5. The summed E-state index contributed by atoms with van der Waals surface area (Å²) < 4.78 is 11.5. The molecule has 0 heterocycles. The molecule has 9 heteroatoms. The Kier molecular flexibility index (Phi) is 7.86. The van der Waals surface area contributed by atoms with Gasteiger partial charge in [0, 0.05) is 12.6 Å². The molecule has 2 aliphatic rings. The van der Waals surface area contributed by atoms with Crippen molar-refractivity contribution < 1.29 is 29.0 Å². The van der Waals surface area contributed by atoms with E-state index in [1.807, 2.05) is 13.0 Å². The van der Waals surface area contributed by atoms with Gasteiger partial charge in [-0.3, -0.25) is 14.4 Å². The number of carbonyl (C=O) groups excluding carboxylic acids is 2. The molecule has 3 N–H and O–H groups in total. The maximum absolute atomic E-state index is 13.5. The van der Waals surface area contributed by atoms with Crippen LogP contribution in [0.4, 0.5) is 5.69 Å². The summed E-state index contributed by atoms with van der Waals surface area (Å²) in [7, 11) is 1.41. The molecule has 2 amide bonds. The van der Waals surface area contributed by atoms with Crippen molar-refractivity contribution in [1.82, 2.24) is 5.32 Å². The lowest BCUT2D eigenvalue weighted by molar-refractivity contribution is -0.150. The largest absolute Gasteiger partial charge is 0.496 e. The van der Waals surface area contributed by atoms with Gasteiger partial charge in [-0.15, -0.1) is 0 Å². The Hall–Kier alpha value is -4.06. The zero-order valence-electron chi connectivity index (χ0n) is 22.8. The van der Waals surface area contributed by atoms with Crippen molar-refractivity contribution in [3.8, 4) is 17.6 Å². The van der Waals surface area contributed by atoms with Gasteiger partial charge in [-0.25, -0.2) is 0 Å². The number of benzene rings is 2. The summed E-state index contributed by atoms with van der Waals surface area (Å²) in [5.74, 6) is -1.18. The van der Waals surface area contributed by atoms with E-state index < -0.39 is 17.3 Å². The van der Waals surface area contributed by atoms with Crippen LogP contribution in [0.3, 0.4) is 0 Å². The number of ether oxygens (including phenoxy) is 2. The standard InChI is InChI=1S/C30H35N3O6/c1-18-5-6-21(26(34)32-17-29(2)11-12-29)23(13-18)33-27(35)22-15-24(19(16-31)14-25(22)38-4)39-20-7-9-30(3,10-8-20)28(36)37/h5-6,13-15,20H,7-12,17H2,1-4H3,(H,32,34)(H,33,35)(H,36,37)/t20-,30+. The third kappa shape index (κ3) is 6.33. The third-order valence-electron chi connectivity index (χ3n) is 7.96. The highest BCUT2D eigenvalue weighted by molar-refractivity contribution is 6.10. The number of nitriles is 1. The van der Waals surface area contributed by atoms with Crippen molar-refractivity contribution in [2.24, 2.45) is 10.8 Å². The van der Waals surface area contributed by atoms with Crippen LogP contribution in [-0.2, 0) is 4.79 Å². The first-order chi connectivity index (χ1) is 18.5. The van der Waals surface area contributed by atoms with Gasteiger partial charge < -0.3 is 25.2 Å². The molecule has 0 radical (unpaired) electrons. The van der Waals surface area contributed by atoms with Crippen molar-refractivity contribution in [3.05, 3.63) is 52.6 Å². The molecule has 0 bridgehead atoms. The van der Waals surface area contributed by atoms with E-state index >= 15 is 0 Å². The van der Waals surface area contributed by atoms with Gasteiger partial charge in [0.2, 0.25) is 0 Å². The van der Waals surface area contributed by atoms with Crippen molar-refractivity contribution in [2.75, 3.05) is 19.0 Å². The Morgan fingerprint density at radius 2 is 1.72 bits per heavy atom. The van der Waals surface area contributed by atoms with Crippen LogP contribution >= 0.6 is 0 Å². The number of aryl methyl sites for hydroxylation is 1. The van der Waals surface area contributed by atoms with Gasteiger partial charge >= 0.3 is 5.97 Å². The summed E-state index contributed by atoms with van der Waals surface area (Å²) in [6.07, 6.45) is 3.81. The summed E-state index contributed by atoms with van der Waals surface area (Å²) >= 11 is 0. The van der Waals surface area contributed by atoms with Gasteiger partial charge in [0.05, 0.1) is 41.0 Å². The van der Waals surface area contributed by atoms with Crippen molar-refractivity contribution in [2.45, 2.75) is 65.4 Å². The Bertz CT molecular complexity index is 1330. The van der Waals surface area contributed by atoms with E-state index in [-0.39, 0.29) is 40.1 Å². The molecule has 2 saturated carbocycles. The molecule has 39 heavy (non-hydrogen) atoms. The Balaban J connectivity index is 1.56. The molecular formula is C30H35N3O6. The lowest BCUT2D eigenvalue weighted by atomic mass is 9.75. The highest BCUT2D eigenvalue weighted by Gasteiger charge is 2.39. The minimum absolute atomic E-state index is 0.139. The summed E-state index contributed by atoms with van der Waals surface area (Å²) in [5.41, 5.74) is 1.30. The van der Waals surface area contributed by atoms with Gasteiger partial charge in [-0.1, -0.05) is 13.0 Å². The number of aliphatic carboxylic acids is 1. The lowest BCUT2D eigenvalue weighted by Crippen LogP contribution is -2.36. The summed E-state index contributed by atoms with van der Waals surface area (Å²) in [4.78, 5) is 38.0. The van der Waals surface area contributed by atoms with Crippen LogP contribution in [0, 0.1) is 29.1 Å². The summed E-state index contributed by atoms with van der Waals surface area (Å²) in [5, 5.41) is 25.0. The molecule has 0 unspecified atom stereocenters. The maximum atomic E-state index is 13.5. The first-order valence-corrected chi connectivity index (χ1v) is 13.2. The minimum atomic E-state index is -0.826. The molecule has 0 atom stereocenters. The number of nitrogens with zero attached hydrogens (tertiary/aromatic N) is 1. The fraction of sp³-hybridized carbons (Fsp3) is 0.467. The normalized spacial score (nSPS) is 21.3. The van der Waals surface area contributed by atoms with Crippen LogP contribution in [0.15, 0.2) is 30.3 Å². The second-order valence-electron chi connectivity index (χ2n) is 11.3. The van der Waals surface area contributed by atoms with Gasteiger partial charge in [-0.2, -0.15) is 5.26 Å². The van der Waals surface area contributed by atoms with Crippen LogP contribution in [0.2, 0.25) is 0 Å². The number of carboxylic acid groups (broad SMARTS) is 1. The van der Waals surface area contributed by atoms with E-state index in [0.717, 1.165) is 18.4 Å². The van der Waals surface area contributed by atoms with Gasteiger partial charge in [0.1, 0.15) is 17.6 Å². The second-order valence-corrected chi connectivity index (χ2v) is 11.3. The topological polar surface area (TPSA) is 138 Å². The molecule has 0 saturated heterocycles. The first kappa shape index (κ1) is 28.0. The van der Waals surface area contributed by atoms with E-state index in [1.54, 1.807) is 19.1 Å².